The molecule has 24 heavy (non-hydrogen) atoms. The first-order valence-electron chi connectivity index (χ1n) is 7.49. The number of nitrogens with zero attached hydrogens (tertiary/aromatic N) is 2. The first-order valence-corrected chi connectivity index (χ1v) is 9.35. The van der Waals surface area contributed by atoms with Crippen molar-refractivity contribution in [1.82, 2.24) is 9.88 Å². The molecule has 0 atom stereocenters. The third-order valence-corrected chi connectivity index (χ3v) is 5.30. The van der Waals surface area contributed by atoms with Gasteiger partial charge in [0.25, 0.3) is 0 Å². The van der Waals surface area contributed by atoms with Gasteiger partial charge in [-0.3, -0.25) is 9.69 Å². The number of aromatic nitrogens is 1. The van der Waals surface area contributed by atoms with Crippen LogP contribution in [-0.2, 0) is 20.9 Å². The molecule has 0 radical (unpaired) electrons. The van der Waals surface area contributed by atoms with Gasteiger partial charge in [-0.25, -0.2) is 9.78 Å². The minimum atomic E-state index is -0.428. The van der Waals surface area contributed by atoms with E-state index in [1.165, 1.54) is 17.8 Å². The van der Waals surface area contributed by atoms with E-state index >= 15 is 0 Å². The fourth-order valence-corrected chi connectivity index (χ4v) is 3.99. The summed E-state index contributed by atoms with van der Waals surface area (Å²) in [5, 5.41) is 3.48. The lowest BCUT2D eigenvalue weighted by Gasteiger charge is -2.15. The number of benzene rings is 1. The molecule has 1 aliphatic rings. The molecule has 1 aromatic heterocycles. The Labute approximate surface area is 148 Å². The molecule has 1 saturated heterocycles. The Morgan fingerprint density at radius 1 is 1.38 bits per heavy atom. The molecule has 5 nitrogen and oxygen atoms in total. The number of ether oxygens (including phenoxy) is 1. The summed E-state index contributed by atoms with van der Waals surface area (Å²) in [4.78, 5) is 29.9. The fraction of sp³-hybridized carbons (Fsp3) is 0.235. The van der Waals surface area contributed by atoms with E-state index in [1.807, 2.05) is 35.7 Å². The van der Waals surface area contributed by atoms with Crippen molar-refractivity contribution in [3.05, 3.63) is 52.5 Å². The topological polar surface area (TPSA) is 59.5 Å². The summed E-state index contributed by atoms with van der Waals surface area (Å²) in [7, 11) is 0. The molecular weight excluding hydrogens is 344 g/mol. The minimum Gasteiger partial charge on any atom is -0.463 e. The normalized spacial score (nSPS) is 16.0. The maximum atomic E-state index is 12.1. The van der Waals surface area contributed by atoms with Crippen LogP contribution < -0.4 is 0 Å². The van der Waals surface area contributed by atoms with Gasteiger partial charge in [0.05, 0.1) is 35.7 Å². The van der Waals surface area contributed by atoms with Crippen LogP contribution in [0.25, 0.3) is 10.6 Å². The zero-order chi connectivity index (χ0) is 16.9. The van der Waals surface area contributed by atoms with Crippen LogP contribution in [0.3, 0.4) is 0 Å². The van der Waals surface area contributed by atoms with Crippen LogP contribution in [0.5, 0.6) is 0 Å². The van der Waals surface area contributed by atoms with Crippen molar-refractivity contribution in [3.63, 3.8) is 0 Å². The van der Waals surface area contributed by atoms with E-state index in [0.29, 0.717) is 23.9 Å². The van der Waals surface area contributed by atoms with Crippen molar-refractivity contribution in [2.45, 2.75) is 13.5 Å². The van der Waals surface area contributed by atoms with Gasteiger partial charge in [0.1, 0.15) is 5.01 Å². The molecule has 0 bridgehead atoms. The van der Waals surface area contributed by atoms with Crippen molar-refractivity contribution in [1.29, 1.82) is 0 Å². The third kappa shape index (κ3) is 3.85. The predicted molar refractivity (Wildman–Crippen MR) is 95.3 cm³/mol. The Kier molecular flexibility index (Phi) is 5.32. The number of carbonyl (C=O) groups excluding carboxylic acids is 2. The number of esters is 1. The van der Waals surface area contributed by atoms with Gasteiger partial charge >= 0.3 is 5.97 Å². The van der Waals surface area contributed by atoms with E-state index in [-0.39, 0.29) is 5.91 Å². The van der Waals surface area contributed by atoms with Crippen LogP contribution >= 0.6 is 23.1 Å². The summed E-state index contributed by atoms with van der Waals surface area (Å²) in [6, 6.07) is 9.91. The Balaban J connectivity index is 1.75. The smallest absolute Gasteiger partial charge is 0.333 e. The van der Waals surface area contributed by atoms with Gasteiger partial charge in [0.15, 0.2) is 0 Å². The zero-order valence-electron chi connectivity index (χ0n) is 13.1. The molecule has 3 rings (SSSR count). The first kappa shape index (κ1) is 16.7. The molecule has 0 unspecified atom stereocenters. The number of hydrogen-bond acceptors (Lipinski definition) is 6. The molecular formula is C17H16N2O3S2. The van der Waals surface area contributed by atoms with Crippen LogP contribution in [0.1, 0.15) is 12.6 Å². The number of thioether (sulfide) groups is 1. The quantitative estimate of drug-likeness (QED) is 0.605. The maximum Gasteiger partial charge on any atom is 0.333 e. The average molecular weight is 360 g/mol. The highest BCUT2D eigenvalue weighted by atomic mass is 32.2. The monoisotopic (exact) mass is 360 g/mol. The van der Waals surface area contributed by atoms with Gasteiger partial charge in [-0.2, -0.15) is 0 Å². The van der Waals surface area contributed by atoms with Gasteiger partial charge in [-0.15, -0.1) is 11.3 Å². The van der Waals surface area contributed by atoms with Crippen LogP contribution in [0, 0.1) is 0 Å². The van der Waals surface area contributed by atoms with E-state index in [0.717, 1.165) is 16.3 Å². The molecule has 2 heterocycles. The zero-order valence-corrected chi connectivity index (χ0v) is 14.7. The first-order chi connectivity index (χ1) is 11.7. The van der Waals surface area contributed by atoms with Gasteiger partial charge in [0, 0.05) is 10.9 Å². The molecule has 2 aromatic rings. The van der Waals surface area contributed by atoms with Gasteiger partial charge in [0.2, 0.25) is 5.91 Å². The van der Waals surface area contributed by atoms with Gasteiger partial charge < -0.3 is 4.74 Å². The van der Waals surface area contributed by atoms with Gasteiger partial charge in [-0.1, -0.05) is 42.1 Å². The lowest BCUT2D eigenvalue weighted by Crippen LogP contribution is -2.24. The van der Waals surface area contributed by atoms with Crippen molar-refractivity contribution in [2.24, 2.45) is 0 Å². The van der Waals surface area contributed by atoms with Crippen molar-refractivity contribution in [2.75, 3.05) is 12.4 Å². The van der Waals surface area contributed by atoms with Crippen LogP contribution in [0.4, 0.5) is 0 Å². The second-order valence-corrected chi connectivity index (χ2v) is 6.87. The molecule has 1 aliphatic heterocycles. The molecule has 1 fully saturated rings. The van der Waals surface area contributed by atoms with E-state index in [1.54, 1.807) is 23.2 Å². The highest BCUT2D eigenvalue weighted by molar-refractivity contribution is 8.04. The number of thiazole rings is 1. The molecule has 1 amide bonds. The van der Waals surface area contributed by atoms with Crippen molar-refractivity contribution in [3.8, 4) is 10.6 Å². The number of hydrogen-bond donors (Lipinski definition) is 0. The summed E-state index contributed by atoms with van der Waals surface area (Å²) < 4.78 is 4.92. The largest absolute Gasteiger partial charge is 0.463 e. The van der Waals surface area contributed by atoms with Crippen LogP contribution in [0.15, 0.2) is 46.8 Å². The Hall–Kier alpha value is -2.12. The Morgan fingerprint density at radius 2 is 2.17 bits per heavy atom. The Bertz CT molecular complexity index is 771. The van der Waals surface area contributed by atoms with E-state index in [4.69, 9.17) is 4.74 Å². The van der Waals surface area contributed by atoms with Crippen molar-refractivity contribution >= 4 is 35.0 Å². The minimum absolute atomic E-state index is 0.0233. The van der Waals surface area contributed by atoms with Crippen LogP contribution in [0.2, 0.25) is 0 Å². The highest BCUT2D eigenvalue weighted by Gasteiger charge is 2.28. The predicted octanol–water partition coefficient (Wildman–Crippen LogP) is 3.29. The summed E-state index contributed by atoms with van der Waals surface area (Å²) in [6.45, 7) is 2.43. The Morgan fingerprint density at radius 3 is 2.92 bits per heavy atom. The van der Waals surface area contributed by atoms with E-state index in [9.17, 15) is 9.59 Å². The fourth-order valence-electron chi connectivity index (χ4n) is 2.24. The molecule has 0 saturated carbocycles. The third-order valence-electron chi connectivity index (χ3n) is 3.33. The maximum absolute atomic E-state index is 12.1. The van der Waals surface area contributed by atoms with Gasteiger partial charge in [-0.05, 0) is 6.92 Å². The molecule has 0 aliphatic carbocycles. The second-order valence-electron chi connectivity index (χ2n) is 5.01. The van der Waals surface area contributed by atoms with E-state index in [2.05, 4.69) is 4.98 Å². The molecule has 0 spiro atoms. The number of carbonyl (C=O) groups is 2. The lowest BCUT2D eigenvalue weighted by atomic mass is 10.2. The second kappa shape index (κ2) is 7.63. The highest BCUT2D eigenvalue weighted by Crippen LogP contribution is 2.31. The molecule has 7 heteroatoms. The molecule has 0 N–H and O–H groups in total. The molecule has 124 valence electrons. The summed E-state index contributed by atoms with van der Waals surface area (Å²) in [5.41, 5.74) is 1.86. The summed E-state index contributed by atoms with van der Waals surface area (Å²) >= 11 is 2.89. The van der Waals surface area contributed by atoms with E-state index < -0.39 is 5.97 Å². The number of rotatable bonds is 5. The van der Waals surface area contributed by atoms with Crippen LogP contribution in [-0.4, -0.2) is 34.1 Å². The standard InChI is InChI=1S/C17H16N2O3S2/c1-2-22-16(21)8-15-19(14(20)11-23-15)9-13-10-24-17(18-13)12-6-4-3-5-7-12/h3-8,10H,2,9,11H2,1H3. The number of amides is 1. The SMILES string of the molecule is CCOC(=O)C=C1SCC(=O)N1Cc1csc(-c2ccccc2)n1. The lowest BCUT2D eigenvalue weighted by molar-refractivity contribution is -0.137. The van der Waals surface area contributed by atoms with Crippen molar-refractivity contribution < 1.29 is 14.3 Å². The summed E-state index contributed by atoms with van der Waals surface area (Å²) in [5.74, 6) is -0.117. The molecule has 1 aromatic carbocycles. The average Bonchev–Trinajstić information content (AvgIpc) is 3.18. The summed E-state index contributed by atoms with van der Waals surface area (Å²) in [6.07, 6.45) is 1.38.